The SMILES string of the molecule is C[C@@H](NC[C@H]1CN(C(=O)C(F)(F)F)C[C@@H]1c1ccccc1)c1cccc2ccccc12.Cl. The molecule has 170 valence electrons. The molecular formula is C25H26ClF3N2O. The molecule has 1 fully saturated rings. The third-order valence-corrected chi connectivity index (χ3v) is 6.17. The number of alkyl halides is 3. The van der Waals surface area contributed by atoms with Gasteiger partial charge in [0.25, 0.3) is 0 Å². The number of benzene rings is 3. The Bertz CT molecular complexity index is 1050. The Kier molecular flexibility index (Phi) is 7.47. The van der Waals surface area contributed by atoms with Crippen molar-refractivity contribution in [1.82, 2.24) is 10.2 Å². The van der Waals surface area contributed by atoms with Gasteiger partial charge in [-0.05, 0) is 34.7 Å². The van der Waals surface area contributed by atoms with E-state index in [4.69, 9.17) is 0 Å². The highest BCUT2D eigenvalue weighted by Crippen LogP contribution is 2.35. The van der Waals surface area contributed by atoms with Gasteiger partial charge in [0.15, 0.2) is 0 Å². The molecule has 0 aromatic heterocycles. The van der Waals surface area contributed by atoms with Crippen molar-refractivity contribution in [2.45, 2.75) is 25.1 Å². The van der Waals surface area contributed by atoms with Crippen LogP contribution in [-0.4, -0.2) is 36.6 Å². The van der Waals surface area contributed by atoms with Crippen LogP contribution in [0.2, 0.25) is 0 Å². The fraction of sp³-hybridized carbons (Fsp3) is 0.320. The Morgan fingerprint density at radius 1 is 1.00 bits per heavy atom. The van der Waals surface area contributed by atoms with E-state index in [1.165, 1.54) is 0 Å². The summed E-state index contributed by atoms with van der Waals surface area (Å²) in [6.45, 7) is 2.75. The van der Waals surface area contributed by atoms with Gasteiger partial charge in [0.05, 0.1) is 0 Å². The maximum atomic E-state index is 13.0. The van der Waals surface area contributed by atoms with Crippen molar-refractivity contribution in [3.05, 3.63) is 83.9 Å². The first-order valence-corrected chi connectivity index (χ1v) is 10.5. The van der Waals surface area contributed by atoms with E-state index in [1.54, 1.807) is 0 Å². The Morgan fingerprint density at radius 2 is 1.66 bits per heavy atom. The summed E-state index contributed by atoms with van der Waals surface area (Å²) in [6, 6.07) is 23.8. The van der Waals surface area contributed by atoms with E-state index in [2.05, 4.69) is 36.5 Å². The van der Waals surface area contributed by atoms with Gasteiger partial charge in [-0.3, -0.25) is 4.79 Å². The lowest BCUT2D eigenvalue weighted by Crippen LogP contribution is -2.40. The first kappa shape index (κ1) is 24.1. The molecular weight excluding hydrogens is 437 g/mol. The smallest absolute Gasteiger partial charge is 0.334 e. The maximum absolute atomic E-state index is 13.0. The number of amides is 1. The van der Waals surface area contributed by atoms with Crippen molar-refractivity contribution < 1.29 is 18.0 Å². The second-order valence-electron chi connectivity index (χ2n) is 8.18. The third kappa shape index (κ3) is 5.08. The summed E-state index contributed by atoms with van der Waals surface area (Å²) in [4.78, 5) is 12.8. The third-order valence-electron chi connectivity index (χ3n) is 6.17. The number of nitrogens with one attached hydrogen (secondary N) is 1. The molecule has 0 unspecified atom stereocenters. The molecule has 1 N–H and O–H groups in total. The van der Waals surface area contributed by atoms with Crippen LogP contribution in [0, 0.1) is 5.92 Å². The molecule has 0 bridgehead atoms. The Hall–Kier alpha value is -2.57. The molecule has 1 saturated heterocycles. The van der Waals surface area contributed by atoms with Crippen molar-refractivity contribution in [1.29, 1.82) is 0 Å². The fourth-order valence-corrected chi connectivity index (χ4v) is 4.57. The molecule has 3 aromatic rings. The van der Waals surface area contributed by atoms with E-state index >= 15 is 0 Å². The largest absolute Gasteiger partial charge is 0.471 e. The topological polar surface area (TPSA) is 32.3 Å². The first-order valence-electron chi connectivity index (χ1n) is 10.5. The lowest BCUT2D eigenvalue weighted by molar-refractivity contribution is -0.184. The molecule has 0 radical (unpaired) electrons. The average molecular weight is 463 g/mol. The molecule has 1 heterocycles. The Balaban J connectivity index is 0.00000289. The highest BCUT2D eigenvalue weighted by atomic mass is 35.5. The van der Waals surface area contributed by atoms with Crippen LogP contribution in [-0.2, 0) is 4.79 Å². The molecule has 0 spiro atoms. The molecule has 3 nitrogen and oxygen atoms in total. The number of fused-ring (bicyclic) bond motifs is 1. The van der Waals surface area contributed by atoms with Crippen LogP contribution in [0.25, 0.3) is 10.8 Å². The summed E-state index contributed by atoms with van der Waals surface area (Å²) < 4.78 is 39.1. The zero-order valence-corrected chi connectivity index (χ0v) is 18.5. The van der Waals surface area contributed by atoms with Crippen molar-refractivity contribution in [3.8, 4) is 0 Å². The highest BCUT2D eigenvalue weighted by molar-refractivity contribution is 5.86. The van der Waals surface area contributed by atoms with Gasteiger partial charge >= 0.3 is 12.1 Å². The van der Waals surface area contributed by atoms with Gasteiger partial charge in [-0.15, -0.1) is 12.4 Å². The van der Waals surface area contributed by atoms with Crippen LogP contribution in [0.3, 0.4) is 0 Å². The van der Waals surface area contributed by atoms with Crippen molar-refractivity contribution in [3.63, 3.8) is 0 Å². The van der Waals surface area contributed by atoms with Crippen LogP contribution < -0.4 is 5.32 Å². The maximum Gasteiger partial charge on any atom is 0.471 e. The van der Waals surface area contributed by atoms with Gasteiger partial charge < -0.3 is 10.2 Å². The minimum absolute atomic E-state index is 0. The van der Waals surface area contributed by atoms with E-state index in [0.29, 0.717) is 6.54 Å². The summed E-state index contributed by atoms with van der Waals surface area (Å²) in [5, 5.41) is 5.82. The lowest BCUT2D eigenvalue weighted by Gasteiger charge is -2.23. The Morgan fingerprint density at radius 3 is 2.38 bits per heavy atom. The van der Waals surface area contributed by atoms with Gasteiger partial charge in [-0.1, -0.05) is 72.8 Å². The Labute approximate surface area is 192 Å². The number of carbonyl (C=O) groups is 1. The van der Waals surface area contributed by atoms with Crippen molar-refractivity contribution in [2.24, 2.45) is 5.92 Å². The van der Waals surface area contributed by atoms with Crippen LogP contribution in [0.15, 0.2) is 72.8 Å². The average Bonchev–Trinajstić information content (AvgIpc) is 3.20. The van der Waals surface area contributed by atoms with E-state index in [1.807, 2.05) is 48.5 Å². The van der Waals surface area contributed by atoms with E-state index < -0.39 is 12.1 Å². The molecule has 3 atom stereocenters. The van der Waals surface area contributed by atoms with Crippen LogP contribution in [0.4, 0.5) is 13.2 Å². The van der Waals surface area contributed by atoms with Crippen LogP contribution >= 0.6 is 12.4 Å². The van der Waals surface area contributed by atoms with E-state index in [0.717, 1.165) is 26.8 Å². The summed E-state index contributed by atoms with van der Waals surface area (Å²) in [6.07, 6.45) is -4.85. The lowest BCUT2D eigenvalue weighted by atomic mass is 9.88. The molecule has 0 saturated carbocycles. The standard InChI is InChI=1S/C25H25F3N2O.ClH/c1-17(21-13-7-11-18-10-5-6-12-22(18)21)29-14-20-15-30(24(31)25(26,27)28)16-23(20)19-8-3-2-4-9-19;/h2-13,17,20,23,29H,14-16H2,1H3;1H/t17-,20+,23-;/m1./s1. The fourth-order valence-electron chi connectivity index (χ4n) is 4.57. The monoisotopic (exact) mass is 462 g/mol. The van der Waals surface area contributed by atoms with Gasteiger partial charge in [-0.2, -0.15) is 13.2 Å². The number of hydrogen-bond donors (Lipinski definition) is 1. The van der Waals surface area contributed by atoms with E-state index in [9.17, 15) is 18.0 Å². The minimum Gasteiger partial charge on any atom is -0.334 e. The summed E-state index contributed by atoms with van der Waals surface area (Å²) in [5.74, 6) is -2.00. The number of halogens is 4. The first-order chi connectivity index (χ1) is 14.8. The number of nitrogens with zero attached hydrogens (tertiary/aromatic N) is 1. The second-order valence-corrected chi connectivity index (χ2v) is 8.18. The van der Waals surface area contributed by atoms with Crippen LogP contribution in [0.5, 0.6) is 0 Å². The van der Waals surface area contributed by atoms with Gasteiger partial charge in [0.1, 0.15) is 0 Å². The molecule has 0 aliphatic carbocycles. The molecule has 7 heteroatoms. The van der Waals surface area contributed by atoms with Crippen molar-refractivity contribution >= 4 is 29.1 Å². The molecule has 1 aliphatic rings. The van der Waals surface area contributed by atoms with Gasteiger partial charge in [0, 0.05) is 31.6 Å². The van der Waals surface area contributed by atoms with E-state index in [-0.39, 0.29) is 43.4 Å². The van der Waals surface area contributed by atoms with Crippen molar-refractivity contribution in [2.75, 3.05) is 19.6 Å². The number of carbonyl (C=O) groups excluding carboxylic acids is 1. The molecule has 4 rings (SSSR count). The minimum atomic E-state index is -4.85. The second kappa shape index (κ2) is 9.92. The summed E-state index contributed by atoms with van der Waals surface area (Å²) in [7, 11) is 0. The van der Waals surface area contributed by atoms with Gasteiger partial charge in [0.2, 0.25) is 0 Å². The van der Waals surface area contributed by atoms with Gasteiger partial charge in [-0.25, -0.2) is 0 Å². The highest BCUT2D eigenvalue weighted by Gasteiger charge is 2.47. The number of rotatable bonds is 5. The zero-order valence-electron chi connectivity index (χ0n) is 17.7. The quantitative estimate of drug-likeness (QED) is 0.526. The normalized spacial score (nSPS) is 19.6. The molecule has 3 aromatic carbocycles. The summed E-state index contributed by atoms with van der Waals surface area (Å²) >= 11 is 0. The molecule has 1 aliphatic heterocycles. The predicted molar refractivity (Wildman–Crippen MR) is 123 cm³/mol. The molecule has 1 amide bonds. The summed E-state index contributed by atoms with van der Waals surface area (Å²) in [5.41, 5.74) is 2.11. The number of likely N-dealkylation sites (tertiary alicyclic amines) is 1. The van der Waals surface area contributed by atoms with Crippen LogP contribution in [0.1, 0.15) is 30.0 Å². The zero-order chi connectivity index (χ0) is 22.0. The molecule has 32 heavy (non-hydrogen) atoms. The number of hydrogen-bond acceptors (Lipinski definition) is 2. The predicted octanol–water partition coefficient (Wildman–Crippen LogP) is 5.72.